The van der Waals surface area contributed by atoms with Crippen molar-refractivity contribution in [2.45, 2.75) is 39.7 Å². The first-order valence-electron chi connectivity index (χ1n) is 11.0. The topological polar surface area (TPSA) is 77.8 Å². The Morgan fingerprint density at radius 2 is 1.88 bits per heavy atom. The third kappa shape index (κ3) is 4.99. The molecule has 166 valence electrons. The molecule has 0 aliphatic carbocycles. The zero-order chi connectivity index (χ0) is 22.3. The molecule has 4 aromatic rings. The van der Waals surface area contributed by atoms with Crippen LogP contribution in [-0.4, -0.2) is 38.4 Å². The van der Waals surface area contributed by atoms with Gasteiger partial charge in [-0.25, -0.2) is 5.10 Å². The van der Waals surface area contributed by atoms with Gasteiger partial charge in [0.25, 0.3) is 0 Å². The lowest BCUT2D eigenvalue weighted by Gasteiger charge is -2.14. The molecule has 32 heavy (non-hydrogen) atoms. The van der Waals surface area contributed by atoms with Crippen LogP contribution in [0.2, 0.25) is 0 Å². The number of aryl methyl sites for hydroxylation is 1. The zero-order valence-electron chi connectivity index (χ0n) is 18.7. The Hall–Kier alpha value is -3.61. The lowest BCUT2D eigenvalue weighted by molar-refractivity contribution is 0.246. The summed E-state index contributed by atoms with van der Waals surface area (Å²) in [6.45, 7) is 10.3. The number of hydrogen-bond acceptors (Lipinski definition) is 5. The number of benzene rings is 2. The largest absolute Gasteiger partial charge is 0.493 e. The molecule has 0 unspecified atom stereocenters. The summed E-state index contributed by atoms with van der Waals surface area (Å²) in [5.74, 6) is 2.42. The van der Waals surface area contributed by atoms with Gasteiger partial charge in [-0.15, -0.1) is 5.10 Å². The van der Waals surface area contributed by atoms with E-state index in [4.69, 9.17) is 9.47 Å². The van der Waals surface area contributed by atoms with E-state index < -0.39 is 0 Å². The molecule has 1 N–H and O–H groups in total. The highest BCUT2D eigenvalue weighted by atomic mass is 16.5. The van der Waals surface area contributed by atoms with Crippen LogP contribution < -0.4 is 9.47 Å². The van der Waals surface area contributed by atoms with Gasteiger partial charge >= 0.3 is 0 Å². The van der Waals surface area contributed by atoms with E-state index in [-0.39, 0.29) is 0 Å². The summed E-state index contributed by atoms with van der Waals surface area (Å²) in [5.41, 5.74) is 4.58. The number of ether oxygens (including phenoxy) is 2. The summed E-state index contributed by atoms with van der Waals surface area (Å²) >= 11 is 0. The maximum absolute atomic E-state index is 6.16. The highest BCUT2D eigenvalue weighted by Gasteiger charge is 2.12. The number of allylic oxidation sites excluding steroid dienone is 1. The van der Waals surface area contributed by atoms with Gasteiger partial charge in [0, 0.05) is 41.2 Å². The summed E-state index contributed by atoms with van der Waals surface area (Å²) in [4.78, 5) is 0. The fraction of sp³-hybridized carbons (Fsp3) is 0.320. The van der Waals surface area contributed by atoms with E-state index in [1.807, 2.05) is 24.3 Å². The highest BCUT2D eigenvalue weighted by Crippen LogP contribution is 2.31. The van der Waals surface area contributed by atoms with Crippen molar-refractivity contribution >= 4 is 10.9 Å². The standard InChI is InChI=1S/C25H29N5O2/c1-4-6-22-21-13-14-30(17-18(2)3)23(21)11-12-24(22)32-16-5-15-31-20-9-7-19(8-10-20)25-26-28-29-27-25/h7-14H,2,4-6,15-17H2,1,3H3,(H,26,27,28,29). The predicted octanol–water partition coefficient (Wildman–Crippen LogP) is 5.20. The molecule has 0 aliphatic rings. The van der Waals surface area contributed by atoms with Crippen molar-refractivity contribution in [3.8, 4) is 22.9 Å². The van der Waals surface area contributed by atoms with E-state index in [0.717, 1.165) is 48.4 Å². The number of nitrogens with zero attached hydrogens (tertiary/aromatic N) is 4. The number of rotatable bonds is 11. The Morgan fingerprint density at radius 3 is 2.59 bits per heavy atom. The van der Waals surface area contributed by atoms with Crippen LogP contribution >= 0.6 is 0 Å². The van der Waals surface area contributed by atoms with Crippen LogP contribution in [0.1, 0.15) is 32.3 Å². The number of aromatic nitrogens is 5. The van der Waals surface area contributed by atoms with Crippen molar-refractivity contribution in [1.82, 2.24) is 25.2 Å². The molecule has 0 bridgehead atoms. The number of aromatic amines is 1. The van der Waals surface area contributed by atoms with Gasteiger partial charge in [-0.05, 0) is 66.2 Å². The number of hydrogen-bond donors (Lipinski definition) is 1. The van der Waals surface area contributed by atoms with E-state index in [1.165, 1.54) is 16.5 Å². The molecule has 0 aliphatic heterocycles. The van der Waals surface area contributed by atoms with Crippen molar-refractivity contribution in [2.24, 2.45) is 0 Å². The van der Waals surface area contributed by atoms with Gasteiger partial charge in [0.05, 0.1) is 13.2 Å². The number of tetrazole rings is 1. The summed E-state index contributed by atoms with van der Waals surface area (Å²) in [7, 11) is 0. The van der Waals surface area contributed by atoms with Crippen LogP contribution in [0.15, 0.2) is 60.8 Å². The minimum Gasteiger partial charge on any atom is -0.493 e. The van der Waals surface area contributed by atoms with E-state index in [0.29, 0.717) is 19.0 Å². The number of nitrogens with one attached hydrogen (secondary N) is 1. The minimum absolute atomic E-state index is 0.587. The van der Waals surface area contributed by atoms with Crippen molar-refractivity contribution in [3.63, 3.8) is 0 Å². The fourth-order valence-electron chi connectivity index (χ4n) is 3.81. The molecule has 7 nitrogen and oxygen atoms in total. The van der Waals surface area contributed by atoms with Crippen LogP contribution in [0, 0.1) is 0 Å². The van der Waals surface area contributed by atoms with Crippen LogP contribution in [0.5, 0.6) is 11.5 Å². The Bertz CT molecular complexity index is 1160. The van der Waals surface area contributed by atoms with Gasteiger partial charge in [-0.3, -0.25) is 0 Å². The Kier molecular flexibility index (Phi) is 6.84. The number of H-pyrrole nitrogens is 1. The molecule has 2 heterocycles. The predicted molar refractivity (Wildman–Crippen MR) is 126 cm³/mol. The van der Waals surface area contributed by atoms with Crippen molar-refractivity contribution < 1.29 is 9.47 Å². The zero-order valence-corrected chi connectivity index (χ0v) is 18.7. The van der Waals surface area contributed by atoms with Gasteiger partial charge < -0.3 is 14.0 Å². The van der Waals surface area contributed by atoms with Crippen LogP contribution in [0.4, 0.5) is 0 Å². The lowest BCUT2D eigenvalue weighted by atomic mass is 10.0. The molecule has 0 amide bonds. The van der Waals surface area contributed by atoms with Crippen LogP contribution in [0.3, 0.4) is 0 Å². The second-order valence-corrected chi connectivity index (χ2v) is 7.95. The molecule has 0 atom stereocenters. The summed E-state index contributed by atoms with van der Waals surface area (Å²) in [6.07, 6.45) is 5.01. The molecular formula is C25H29N5O2. The molecule has 0 radical (unpaired) electrons. The maximum Gasteiger partial charge on any atom is 0.179 e. The van der Waals surface area contributed by atoms with Crippen molar-refractivity contribution in [2.75, 3.05) is 13.2 Å². The normalized spacial score (nSPS) is 11.1. The second-order valence-electron chi connectivity index (χ2n) is 7.95. The van der Waals surface area contributed by atoms with E-state index >= 15 is 0 Å². The third-order valence-corrected chi connectivity index (χ3v) is 5.25. The second kappa shape index (κ2) is 10.1. The van der Waals surface area contributed by atoms with Crippen LogP contribution in [0.25, 0.3) is 22.3 Å². The van der Waals surface area contributed by atoms with Crippen molar-refractivity contribution in [3.05, 3.63) is 66.4 Å². The average Bonchev–Trinajstić information content (AvgIpc) is 3.46. The third-order valence-electron chi connectivity index (χ3n) is 5.25. The highest BCUT2D eigenvalue weighted by molar-refractivity contribution is 5.86. The van der Waals surface area contributed by atoms with Crippen molar-refractivity contribution in [1.29, 1.82) is 0 Å². The van der Waals surface area contributed by atoms with E-state index in [1.54, 1.807) is 0 Å². The van der Waals surface area contributed by atoms with E-state index in [2.05, 4.69) is 70.0 Å². The minimum atomic E-state index is 0.587. The Balaban J connectivity index is 1.33. The molecule has 4 rings (SSSR count). The molecular weight excluding hydrogens is 402 g/mol. The molecule has 0 fully saturated rings. The molecule has 2 aromatic heterocycles. The first-order valence-corrected chi connectivity index (χ1v) is 11.0. The molecule has 0 spiro atoms. The average molecular weight is 432 g/mol. The molecule has 2 aromatic carbocycles. The first kappa shape index (κ1) is 21.6. The monoisotopic (exact) mass is 431 g/mol. The molecule has 7 heteroatoms. The lowest BCUT2D eigenvalue weighted by Crippen LogP contribution is -2.06. The maximum atomic E-state index is 6.16. The summed E-state index contributed by atoms with van der Waals surface area (Å²) in [5, 5.41) is 15.1. The van der Waals surface area contributed by atoms with Gasteiger partial charge in [0.2, 0.25) is 0 Å². The summed E-state index contributed by atoms with van der Waals surface area (Å²) < 4.78 is 14.3. The van der Waals surface area contributed by atoms with Gasteiger partial charge in [-0.1, -0.05) is 25.5 Å². The van der Waals surface area contributed by atoms with Gasteiger partial charge in [0.15, 0.2) is 5.82 Å². The van der Waals surface area contributed by atoms with E-state index in [9.17, 15) is 0 Å². The quantitative estimate of drug-likeness (QED) is 0.261. The Labute approximate surface area is 188 Å². The molecule has 0 saturated heterocycles. The number of fused-ring (bicyclic) bond motifs is 1. The molecule has 0 saturated carbocycles. The first-order chi connectivity index (χ1) is 15.7. The van der Waals surface area contributed by atoms with Gasteiger partial charge in [-0.2, -0.15) is 0 Å². The SMILES string of the molecule is C=C(C)Cn1ccc2c(CCC)c(OCCCOc3ccc(-c4nnn[nH]4)cc3)ccc21. The Morgan fingerprint density at radius 1 is 1.06 bits per heavy atom. The fourth-order valence-corrected chi connectivity index (χ4v) is 3.81. The smallest absolute Gasteiger partial charge is 0.179 e. The van der Waals surface area contributed by atoms with Crippen LogP contribution in [-0.2, 0) is 13.0 Å². The summed E-state index contributed by atoms with van der Waals surface area (Å²) in [6, 6.07) is 14.1. The van der Waals surface area contributed by atoms with Gasteiger partial charge in [0.1, 0.15) is 11.5 Å².